The van der Waals surface area contributed by atoms with Crippen LogP contribution < -0.4 is 5.43 Å². The SMILES string of the molecule is CC(=NNC(=O)c1ccc(C(=O)N2CC(O)C(O)C2)s1)c1csc(-c2ccc(Br)cc2)c1O. The fourth-order valence-electron chi connectivity index (χ4n) is 3.33. The molecule has 4 N–H and O–H groups in total. The van der Waals surface area contributed by atoms with Crippen LogP contribution in [0.25, 0.3) is 10.4 Å². The van der Waals surface area contributed by atoms with Gasteiger partial charge in [-0.1, -0.05) is 28.1 Å². The van der Waals surface area contributed by atoms with Crippen molar-refractivity contribution in [3.8, 4) is 16.2 Å². The number of carbonyl (C=O) groups excluding carboxylic acids is 2. The van der Waals surface area contributed by atoms with Gasteiger partial charge in [-0.25, -0.2) is 5.43 Å². The molecule has 0 spiro atoms. The fraction of sp³-hybridized carbons (Fsp3) is 0.227. The van der Waals surface area contributed by atoms with E-state index < -0.39 is 18.1 Å². The number of hydrogen-bond acceptors (Lipinski definition) is 8. The molecule has 4 rings (SSSR count). The number of likely N-dealkylation sites (tertiary alicyclic amines) is 1. The third-order valence-electron chi connectivity index (χ3n) is 5.17. The van der Waals surface area contributed by atoms with E-state index in [9.17, 15) is 24.9 Å². The molecule has 1 aliphatic heterocycles. The molecule has 172 valence electrons. The minimum Gasteiger partial charge on any atom is -0.506 e. The van der Waals surface area contributed by atoms with Gasteiger partial charge in [-0.05, 0) is 36.8 Å². The fourth-order valence-corrected chi connectivity index (χ4v) is 5.47. The van der Waals surface area contributed by atoms with E-state index >= 15 is 0 Å². The standard InChI is InChI=1S/C22H20BrN3O5S2/c1-11(14-10-32-20(19(14)29)12-2-4-13(23)5-3-12)24-25-21(30)17-6-7-18(33-17)22(31)26-8-15(27)16(28)9-26/h2-7,10,15-16,27-29H,8-9H2,1H3,(H,25,30). The van der Waals surface area contributed by atoms with Crippen LogP contribution in [0.15, 0.2) is 51.4 Å². The van der Waals surface area contributed by atoms with E-state index in [1.807, 2.05) is 24.3 Å². The number of aliphatic hydroxyl groups is 2. The number of nitrogens with zero attached hydrogens (tertiary/aromatic N) is 2. The molecule has 0 radical (unpaired) electrons. The first kappa shape index (κ1) is 23.6. The molecule has 0 saturated carbocycles. The van der Waals surface area contributed by atoms with Gasteiger partial charge in [0, 0.05) is 22.9 Å². The first-order valence-electron chi connectivity index (χ1n) is 9.91. The lowest BCUT2D eigenvalue weighted by molar-refractivity contribution is 0.0572. The number of β-amino-alcohol motifs (C(OH)–C–C–N with tert-alkyl or cyclic N) is 2. The molecule has 11 heteroatoms. The van der Waals surface area contributed by atoms with Crippen molar-refractivity contribution in [1.29, 1.82) is 0 Å². The maximum absolute atomic E-state index is 12.5. The largest absolute Gasteiger partial charge is 0.506 e. The van der Waals surface area contributed by atoms with Gasteiger partial charge in [-0.3, -0.25) is 9.59 Å². The van der Waals surface area contributed by atoms with Crippen molar-refractivity contribution in [2.75, 3.05) is 13.1 Å². The molecule has 1 aliphatic rings. The van der Waals surface area contributed by atoms with Gasteiger partial charge < -0.3 is 20.2 Å². The maximum Gasteiger partial charge on any atom is 0.281 e. The van der Waals surface area contributed by atoms with Crippen molar-refractivity contribution in [3.63, 3.8) is 0 Å². The zero-order valence-corrected chi connectivity index (χ0v) is 20.6. The topological polar surface area (TPSA) is 122 Å². The minimum atomic E-state index is -0.966. The third-order valence-corrected chi connectivity index (χ3v) is 7.79. The molecular formula is C22H20BrN3O5S2. The van der Waals surface area contributed by atoms with E-state index in [0.717, 1.165) is 21.4 Å². The summed E-state index contributed by atoms with van der Waals surface area (Å²) >= 11 is 5.77. The van der Waals surface area contributed by atoms with Crippen LogP contribution in [0.5, 0.6) is 5.75 Å². The van der Waals surface area contributed by atoms with Gasteiger partial charge in [0.2, 0.25) is 0 Å². The highest BCUT2D eigenvalue weighted by molar-refractivity contribution is 9.10. The Morgan fingerprint density at radius 3 is 2.39 bits per heavy atom. The summed E-state index contributed by atoms with van der Waals surface area (Å²) in [5, 5.41) is 35.8. The molecule has 1 saturated heterocycles. The number of hydrazone groups is 1. The van der Waals surface area contributed by atoms with Crippen molar-refractivity contribution in [1.82, 2.24) is 10.3 Å². The first-order chi connectivity index (χ1) is 15.7. The lowest BCUT2D eigenvalue weighted by Crippen LogP contribution is -2.29. The van der Waals surface area contributed by atoms with Gasteiger partial charge in [0.25, 0.3) is 11.8 Å². The van der Waals surface area contributed by atoms with Crippen LogP contribution in [-0.4, -0.2) is 63.0 Å². The van der Waals surface area contributed by atoms with E-state index in [4.69, 9.17) is 0 Å². The molecule has 3 heterocycles. The normalized spacial score (nSPS) is 18.5. The van der Waals surface area contributed by atoms with Crippen molar-refractivity contribution >= 4 is 56.1 Å². The van der Waals surface area contributed by atoms with Crippen LogP contribution in [0.1, 0.15) is 31.8 Å². The lowest BCUT2D eigenvalue weighted by Gasteiger charge is -2.13. The Morgan fingerprint density at radius 1 is 1.09 bits per heavy atom. The number of halogens is 1. The zero-order valence-electron chi connectivity index (χ0n) is 17.4. The third kappa shape index (κ3) is 5.02. The van der Waals surface area contributed by atoms with Crippen molar-refractivity contribution < 1.29 is 24.9 Å². The van der Waals surface area contributed by atoms with E-state index in [1.165, 1.54) is 28.4 Å². The maximum atomic E-state index is 12.5. The molecule has 2 aromatic heterocycles. The highest BCUT2D eigenvalue weighted by atomic mass is 79.9. The average Bonchev–Trinajstić information content (AvgIpc) is 3.51. The molecule has 2 atom stereocenters. The monoisotopic (exact) mass is 549 g/mol. The van der Waals surface area contributed by atoms with Gasteiger partial charge in [0.05, 0.1) is 38.1 Å². The summed E-state index contributed by atoms with van der Waals surface area (Å²) in [5.74, 6) is -0.738. The zero-order chi connectivity index (χ0) is 23.7. The number of thiophene rings is 2. The summed E-state index contributed by atoms with van der Waals surface area (Å²) in [4.78, 5) is 27.7. The van der Waals surface area contributed by atoms with Crippen LogP contribution in [-0.2, 0) is 0 Å². The molecular weight excluding hydrogens is 530 g/mol. The smallest absolute Gasteiger partial charge is 0.281 e. The summed E-state index contributed by atoms with van der Waals surface area (Å²) in [6.45, 7) is 1.78. The van der Waals surface area contributed by atoms with Crippen LogP contribution in [0.4, 0.5) is 0 Å². The Hall–Kier alpha value is -2.57. The van der Waals surface area contributed by atoms with E-state index in [2.05, 4.69) is 26.5 Å². The van der Waals surface area contributed by atoms with Gasteiger partial charge in [-0.2, -0.15) is 5.10 Å². The second-order valence-electron chi connectivity index (χ2n) is 7.48. The number of carbonyl (C=O) groups is 2. The summed E-state index contributed by atoms with van der Waals surface area (Å²) < 4.78 is 0.942. The molecule has 3 aromatic rings. The molecule has 8 nitrogen and oxygen atoms in total. The van der Waals surface area contributed by atoms with Crippen LogP contribution in [0.2, 0.25) is 0 Å². The van der Waals surface area contributed by atoms with Crippen molar-refractivity contribution in [2.45, 2.75) is 19.1 Å². The number of amides is 2. The van der Waals surface area contributed by atoms with Crippen LogP contribution in [0, 0.1) is 0 Å². The van der Waals surface area contributed by atoms with Crippen LogP contribution >= 0.6 is 38.6 Å². The molecule has 33 heavy (non-hydrogen) atoms. The average molecular weight is 550 g/mol. The summed E-state index contributed by atoms with van der Waals surface area (Å²) in [7, 11) is 0. The van der Waals surface area contributed by atoms with Crippen molar-refractivity contribution in [3.05, 3.63) is 61.6 Å². The number of hydrogen-bond donors (Lipinski definition) is 4. The number of aromatic hydroxyl groups is 1. The van der Waals surface area contributed by atoms with Crippen molar-refractivity contribution in [2.24, 2.45) is 5.10 Å². The summed E-state index contributed by atoms with van der Waals surface area (Å²) in [5.41, 5.74) is 4.29. The molecule has 2 unspecified atom stereocenters. The number of nitrogens with one attached hydrogen (secondary N) is 1. The molecule has 2 amide bonds. The van der Waals surface area contributed by atoms with Crippen LogP contribution in [0.3, 0.4) is 0 Å². The lowest BCUT2D eigenvalue weighted by atomic mass is 10.1. The number of benzene rings is 1. The Morgan fingerprint density at radius 2 is 1.73 bits per heavy atom. The van der Waals surface area contributed by atoms with E-state index in [0.29, 0.717) is 25.9 Å². The number of rotatable bonds is 5. The van der Waals surface area contributed by atoms with Gasteiger partial charge in [0.1, 0.15) is 5.75 Å². The van der Waals surface area contributed by atoms with E-state index in [1.54, 1.807) is 12.3 Å². The highest BCUT2D eigenvalue weighted by Gasteiger charge is 2.33. The molecule has 0 aliphatic carbocycles. The Labute approximate surface area is 205 Å². The molecule has 0 bridgehead atoms. The predicted octanol–water partition coefficient (Wildman–Crippen LogP) is 3.28. The van der Waals surface area contributed by atoms with Gasteiger partial charge in [-0.15, -0.1) is 22.7 Å². The number of aliphatic hydroxyl groups excluding tert-OH is 2. The summed E-state index contributed by atoms with van der Waals surface area (Å²) in [6, 6.07) is 10.6. The Kier molecular flexibility index (Phi) is 6.96. The quantitative estimate of drug-likeness (QED) is 0.287. The predicted molar refractivity (Wildman–Crippen MR) is 131 cm³/mol. The first-order valence-corrected chi connectivity index (χ1v) is 12.4. The highest BCUT2D eigenvalue weighted by Crippen LogP contribution is 2.39. The Balaban J connectivity index is 1.43. The van der Waals surface area contributed by atoms with Gasteiger partial charge >= 0.3 is 0 Å². The minimum absolute atomic E-state index is 0.0509. The second-order valence-corrected chi connectivity index (χ2v) is 10.4. The van der Waals surface area contributed by atoms with Gasteiger partial charge in [0.15, 0.2) is 0 Å². The summed E-state index contributed by atoms with van der Waals surface area (Å²) in [6.07, 6.45) is -1.93. The Bertz CT molecular complexity index is 1210. The van der Waals surface area contributed by atoms with E-state index in [-0.39, 0.29) is 24.7 Å². The molecule has 1 fully saturated rings. The molecule has 1 aromatic carbocycles. The second kappa shape index (κ2) is 9.74.